The van der Waals surface area contributed by atoms with E-state index in [2.05, 4.69) is 43.4 Å². The van der Waals surface area contributed by atoms with Crippen LogP contribution in [0, 0.1) is 6.92 Å². The Bertz CT molecular complexity index is 666. The molecule has 5 heteroatoms. The van der Waals surface area contributed by atoms with Crippen molar-refractivity contribution in [2.24, 2.45) is 0 Å². The minimum absolute atomic E-state index is 0.00347. The molecule has 0 saturated carbocycles. The van der Waals surface area contributed by atoms with E-state index in [0.29, 0.717) is 13.1 Å². The molecule has 0 aromatic heterocycles. The predicted octanol–water partition coefficient (Wildman–Crippen LogP) is 2.80. The van der Waals surface area contributed by atoms with Crippen LogP contribution in [0.4, 0.5) is 4.79 Å². The summed E-state index contributed by atoms with van der Waals surface area (Å²) in [4.78, 5) is 28.4. The number of hydrogen-bond donors (Lipinski definition) is 1. The molecule has 0 radical (unpaired) electrons. The number of carbonyl (C=O) groups excluding carboxylic acids is 2. The molecule has 2 fully saturated rings. The highest BCUT2D eigenvalue weighted by Crippen LogP contribution is 2.21. The van der Waals surface area contributed by atoms with E-state index in [0.717, 1.165) is 43.5 Å². The van der Waals surface area contributed by atoms with Gasteiger partial charge >= 0.3 is 6.03 Å². The van der Waals surface area contributed by atoms with Gasteiger partial charge in [-0.05, 0) is 37.3 Å². The van der Waals surface area contributed by atoms with Crippen molar-refractivity contribution >= 4 is 17.5 Å². The lowest BCUT2D eigenvalue weighted by Gasteiger charge is -2.36. The Morgan fingerprint density at radius 1 is 1.28 bits per heavy atom. The fourth-order valence-electron chi connectivity index (χ4n) is 3.64. The summed E-state index contributed by atoms with van der Waals surface area (Å²) in [6.07, 6.45) is 4.51. The first kappa shape index (κ1) is 17.5. The molecule has 5 nitrogen and oxygen atoms in total. The normalized spacial score (nSPS) is 21.4. The molecule has 25 heavy (non-hydrogen) atoms. The van der Waals surface area contributed by atoms with E-state index in [9.17, 15) is 9.59 Å². The Morgan fingerprint density at radius 2 is 2.04 bits per heavy atom. The number of rotatable bonds is 4. The third-order valence-corrected chi connectivity index (χ3v) is 5.14. The quantitative estimate of drug-likeness (QED) is 0.856. The Hall–Kier alpha value is -2.30. The fraction of sp³-hybridized carbons (Fsp3) is 0.500. The van der Waals surface area contributed by atoms with Gasteiger partial charge in [-0.3, -0.25) is 4.79 Å². The molecule has 0 spiro atoms. The van der Waals surface area contributed by atoms with E-state index < -0.39 is 0 Å². The lowest BCUT2D eigenvalue weighted by molar-refractivity contribution is -0.127. The van der Waals surface area contributed by atoms with Crippen molar-refractivity contribution in [1.82, 2.24) is 15.1 Å². The zero-order chi connectivity index (χ0) is 17.8. The standard InChI is InChI=1S/C20H27N3O2/c1-3-16(17-8-6-15(2)7-9-17)13-19(24)22-11-4-5-18(14-22)23-12-10-21-20(23)25/h6-9,13,18H,3-5,10-12,14H2,1-2H3,(H,21,25). The summed E-state index contributed by atoms with van der Waals surface area (Å²) >= 11 is 0. The Kier molecular flexibility index (Phi) is 5.41. The van der Waals surface area contributed by atoms with E-state index in [1.165, 1.54) is 5.56 Å². The average Bonchev–Trinajstić information content (AvgIpc) is 3.06. The summed E-state index contributed by atoms with van der Waals surface area (Å²) in [6.45, 7) is 6.99. The summed E-state index contributed by atoms with van der Waals surface area (Å²) in [5, 5.41) is 2.85. The Balaban J connectivity index is 1.70. The number of nitrogens with one attached hydrogen (secondary N) is 1. The third kappa shape index (κ3) is 4.03. The van der Waals surface area contributed by atoms with Gasteiger partial charge in [0, 0.05) is 32.3 Å². The maximum absolute atomic E-state index is 12.8. The topological polar surface area (TPSA) is 52.7 Å². The number of aryl methyl sites for hydroxylation is 1. The molecular weight excluding hydrogens is 314 g/mol. The molecule has 1 atom stereocenters. The molecule has 1 unspecified atom stereocenters. The van der Waals surface area contributed by atoms with Crippen LogP contribution in [0.1, 0.15) is 37.3 Å². The molecule has 3 amide bonds. The molecule has 2 aliphatic heterocycles. The molecule has 0 aliphatic carbocycles. The van der Waals surface area contributed by atoms with Gasteiger partial charge in [0.05, 0.1) is 6.04 Å². The molecule has 1 aromatic rings. The van der Waals surface area contributed by atoms with Gasteiger partial charge in [-0.15, -0.1) is 0 Å². The summed E-state index contributed by atoms with van der Waals surface area (Å²) in [7, 11) is 0. The van der Waals surface area contributed by atoms with Crippen molar-refractivity contribution in [1.29, 1.82) is 0 Å². The van der Waals surface area contributed by atoms with E-state index in [4.69, 9.17) is 0 Å². The summed E-state index contributed by atoms with van der Waals surface area (Å²) < 4.78 is 0. The van der Waals surface area contributed by atoms with Crippen LogP contribution in [0.2, 0.25) is 0 Å². The molecule has 1 aromatic carbocycles. The molecule has 134 valence electrons. The first-order valence-electron chi connectivity index (χ1n) is 9.19. The van der Waals surface area contributed by atoms with Gasteiger partial charge in [-0.1, -0.05) is 36.8 Å². The van der Waals surface area contributed by atoms with Crippen molar-refractivity contribution in [2.45, 2.75) is 39.2 Å². The number of amides is 3. The molecular formula is C20H27N3O2. The molecule has 2 aliphatic rings. The first-order chi connectivity index (χ1) is 12.1. The van der Waals surface area contributed by atoms with Crippen molar-refractivity contribution < 1.29 is 9.59 Å². The predicted molar refractivity (Wildman–Crippen MR) is 99.2 cm³/mol. The lowest BCUT2D eigenvalue weighted by atomic mass is 10.0. The fourth-order valence-corrected chi connectivity index (χ4v) is 3.64. The van der Waals surface area contributed by atoms with Crippen LogP contribution >= 0.6 is 0 Å². The van der Waals surface area contributed by atoms with Crippen LogP contribution in [0.3, 0.4) is 0 Å². The summed E-state index contributed by atoms with van der Waals surface area (Å²) in [6, 6.07) is 8.44. The second-order valence-corrected chi connectivity index (χ2v) is 6.89. The van der Waals surface area contributed by atoms with Crippen LogP contribution in [0.5, 0.6) is 0 Å². The number of hydrogen-bond acceptors (Lipinski definition) is 2. The number of benzene rings is 1. The number of carbonyl (C=O) groups is 2. The van der Waals surface area contributed by atoms with Crippen LogP contribution in [-0.2, 0) is 4.79 Å². The van der Waals surface area contributed by atoms with Crippen molar-refractivity contribution in [2.75, 3.05) is 26.2 Å². The van der Waals surface area contributed by atoms with Crippen LogP contribution in [0.25, 0.3) is 5.57 Å². The number of likely N-dealkylation sites (tertiary alicyclic amines) is 1. The smallest absolute Gasteiger partial charge is 0.317 e. The third-order valence-electron chi connectivity index (χ3n) is 5.14. The highest BCUT2D eigenvalue weighted by molar-refractivity contribution is 5.95. The van der Waals surface area contributed by atoms with Gasteiger partial charge in [0.2, 0.25) is 5.91 Å². The Labute approximate surface area is 149 Å². The van der Waals surface area contributed by atoms with Gasteiger partial charge < -0.3 is 15.1 Å². The van der Waals surface area contributed by atoms with Gasteiger partial charge in [-0.2, -0.15) is 0 Å². The second kappa shape index (κ2) is 7.72. The minimum Gasteiger partial charge on any atom is -0.337 e. The maximum Gasteiger partial charge on any atom is 0.317 e. The first-order valence-corrected chi connectivity index (χ1v) is 9.19. The number of urea groups is 1. The molecule has 2 heterocycles. The highest BCUT2D eigenvalue weighted by atomic mass is 16.2. The van der Waals surface area contributed by atoms with E-state index >= 15 is 0 Å². The van der Waals surface area contributed by atoms with Crippen molar-refractivity contribution in [3.05, 3.63) is 41.5 Å². The van der Waals surface area contributed by atoms with E-state index in [-0.39, 0.29) is 18.0 Å². The zero-order valence-electron chi connectivity index (χ0n) is 15.1. The number of allylic oxidation sites excluding steroid dienone is 1. The number of nitrogens with zero attached hydrogens (tertiary/aromatic N) is 2. The lowest BCUT2D eigenvalue weighted by Crippen LogP contribution is -2.50. The summed E-state index contributed by atoms with van der Waals surface area (Å²) in [5.41, 5.74) is 3.38. The van der Waals surface area contributed by atoms with E-state index in [1.807, 2.05) is 9.80 Å². The monoisotopic (exact) mass is 341 g/mol. The highest BCUT2D eigenvalue weighted by Gasteiger charge is 2.32. The van der Waals surface area contributed by atoms with Gasteiger partial charge in [-0.25, -0.2) is 4.79 Å². The minimum atomic E-state index is 0.00347. The van der Waals surface area contributed by atoms with E-state index in [1.54, 1.807) is 6.08 Å². The maximum atomic E-state index is 12.8. The van der Waals surface area contributed by atoms with Crippen LogP contribution < -0.4 is 5.32 Å². The second-order valence-electron chi connectivity index (χ2n) is 6.89. The van der Waals surface area contributed by atoms with Gasteiger partial charge in [0.1, 0.15) is 0 Å². The molecule has 1 N–H and O–H groups in total. The Morgan fingerprint density at radius 3 is 2.68 bits per heavy atom. The largest absolute Gasteiger partial charge is 0.337 e. The summed E-state index contributed by atoms with van der Waals surface area (Å²) in [5.74, 6) is 0.0572. The van der Waals surface area contributed by atoms with Gasteiger partial charge in [0.15, 0.2) is 0 Å². The van der Waals surface area contributed by atoms with Crippen LogP contribution in [-0.4, -0.2) is 54.0 Å². The molecule has 3 rings (SSSR count). The number of piperidine rings is 1. The molecule has 0 bridgehead atoms. The van der Waals surface area contributed by atoms with Crippen LogP contribution in [0.15, 0.2) is 30.3 Å². The van der Waals surface area contributed by atoms with Crippen molar-refractivity contribution in [3.8, 4) is 0 Å². The SMILES string of the molecule is CCC(=CC(=O)N1CCCC(N2CCNC2=O)C1)c1ccc(C)cc1. The van der Waals surface area contributed by atoms with Gasteiger partial charge in [0.25, 0.3) is 0 Å². The zero-order valence-corrected chi connectivity index (χ0v) is 15.1. The molecule has 2 saturated heterocycles. The van der Waals surface area contributed by atoms with Crippen molar-refractivity contribution in [3.63, 3.8) is 0 Å². The average molecular weight is 341 g/mol.